The Hall–Kier alpha value is -0.910. The summed E-state index contributed by atoms with van der Waals surface area (Å²) in [7, 11) is 0. The van der Waals surface area contributed by atoms with Crippen LogP contribution in [-0.2, 0) is 6.54 Å². The maximum absolute atomic E-state index is 9.86. The Morgan fingerprint density at radius 2 is 2.00 bits per heavy atom. The molecule has 0 saturated heterocycles. The minimum Gasteiger partial charge on any atom is -0.444 e. The molecule has 1 rings (SSSR count). The van der Waals surface area contributed by atoms with Gasteiger partial charge in [0.25, 0.3) is 0 Å². The van der Waals surface area contributed by atoms with Crippen LogP contribution in [0.2, 0.25) is 0 Å². The second-order valence-electron chi connectivity index (χ2n) is 4.52. The van der Waals surface area contributed by atoms with Gasteiger partial charge in [-0.1, -0.05) is 13.8 Å². The third-order valence-electron chi connectivity index (χ3n) is 3.09. The topological polar surface area (TPSA) is 61.5 Å². The number of rotatable bonds is 8. The van der Waals surface area contributed by atoms with Crippen LogP contribution in [-0.4, -0.2) is 47.3 Å². The summed E-state index contributed by atoms with van der Waals surface area (Å²) in [6.45, 7) is 11.8. The lowest BCUT2D eigenvalue weighted by atomic mass is 10.3. The van der Waals surface area contributed by atoms with Gasteiger partial charge in [-0.15, -0.1) is 0 Å². The third kappa shape index (κ3) is 4.76. The van der Waals surface area contributed by atoms with E-state index in [0.717, 1.165) is 24.5 Å². The number of likely N-dealkylation sites (N-methyl/N-ethyl adjacent to an activating group) is 1. The van der Waals surface area contributed by atoms with Crippen LogP contribution in [0.1, 0.15) is 31.2 Å². The van der Waals surface area contributed by atoms with Crippen LogP contribution in [0.25, 0.3) is 0 Å². The molecule has 0 aliphatic carbocycles. The molecule has 1 unspecified atom stereocenters. The van der Waals surface area contributed by atoms with Crippen LogP contribution >= 0.6 is 0 Å². The Bertz CT molecular complexity index is 329. The third-order valence-corrected chi connectivity index (χ3v) is 3.09. The SMILES string of the molecule is CCN(CC)CC(O)CNCc1nc(C)c(C)o1. The maximum atomic E-state index is 9.86. The Morgan fingerprint density at radius 1 is 1.33 bits per heavy atom. The summed E-state index contributed by atoms with van der Waals surface area (Å²) in [4.78, 5) is 6.48. The summed E-state index contributed by atoms with van der Waals surface area (Å²) >= 11 is 0. The van der Waals surface area contributed by atoms with Crippen LogP contribution < -0.4 is 5.32 Å². The molecular formula is C13H25N3O2. The minimum absolute atomic E-state index is 0.359. The van der Waals surface area contributed by atoms with Crippen LogP contribution in [0.15, 0.2) is 4.42 Å². The minimum atomic E-state index is -0.359. The summed E-state index contributed by atoms with van der Waals surface area (Å²) in [5.41, 5.74) is 0.926. The van der Waals surface area contributed by atoms with E-state index in [0.29, 0.717) is 25.5 Å². The molecule has 5 heteroatoms. The van der Waals surface area contributed by atoms with E-state index < -0.39 is 0 Å². The molecule has 0 amide bonds. The van der Waals surface area contributed by atoms with Gasteiger partial charge in [-0.05, 0) is 26.9 Å². The summed E-state index contributed by atoms with van der Waals surface area (Å²) in [5, 5.41) is 13.0. The second kappa shape index (κ2) is 7.51. The van der Waals surface area contributed by atoms with E-state index in [9.17, 15) is 5.11 Å². The molecule has 18 heavy (non-hydrogen) atoms. The first-order chi connectivity index (χ1) is 8.56. The van der Waals surface area contributed by atoms with E-state index in [1.807, 2.05) is 13.8 Å². The highest BCUT2D eigenvalue weighted by atomic mass is 16.4. The van der Waals surface area contributed by atoms with E-state index in [4.69, 9.17) is 4.42 Å². The van der Waals surface area contributed by atoms with Gasteiger partial charge in [0.1, 0.15) is 5.76 Å². The number of aromatic nitrogens is 1. The molecule has 0 aliphatic rings. The second-order valence-corrected chi connectivity index (χ2v) is 4.52. The van der Waals surface area contributed by atoms with Gasteiger partial charge in [-0.3, -0.25) is 0 Å². The van der Waals surface area contributed by atoms with Gasteiger partial charge in [0.2, 0.25) is 5.89 Å². The fourth-order valence-electron chi connectivity index (χ4n) is 1.80. The van der Waals surface area contributed by atoms with Crippen molar-refractivity contribution in [1.82, 2.24) is 15.2 Å². The highest BCUT2D eigenvalue weighted by Gasteiger charge is 2.10. The number of aliphatic hydroxyl groups is 1. The zero-order chi connectivity index (χ0) is 13.5. The number of oxazole rings is 1. The normalized spacial score (nSPS) is 13.2. The van der Waals surface area contributed by atoms with Gasteiger partial charge in [0.05, 0.1) is 18.3 Å². The van der Waals surface area contributed by atoms with Crippen molar-refractivity contribution in [2.45, 2.75) is 40.3 Å². The van der Waals surface area contributed by atoms with Crippen molar-refractivity contribution in [3.8, 4) is 0 Å². The Morgan fingerprint density at radius 3 is 2.50 bits per heavy atom. The van der Waals surface area contributed by atoms with Crippen molar-refractivity contribution < 1.29 is 9.52 Å². The summed E-state index contributed by atoms with van der Waals surface area (Å²) in [6.07, 6.45) is -0.359. The van der Waals surface area contributed by atoms with Crippen molar-refractivity contribution in [3.05, 3.63) is 17.3 Å². The highest BCUT2D eigenvalue weighted by Crippen LogP contribution is 2.07. The lowest BCUT2D eigenvalue weighted by molar-refractivity contribution is 0.116. The number of hydrogen-bond donors (Lipinski definition) is 2. The largest absolute Gasteiger partial charge is 0.444 e. The van der Waals surface area contributed by atoms with Crippen molar-refractivity contribution in [3.63, 3.8) is 0 Å². The maximum Gasteiger partial charge on any atom is 0.208 e. The number of nitrogens with zero attached hydrogens (tertiary/aromatic N) is 2. The van der Waals surface area contributed by atoms with E-state index in [1.54, 1.807) is 0 Å². The average Bonchev–Trinajstić information content (AvgIpc) is 2.65. The van der Waals surface area contributed by atoms with Gasteiger partial charge in [0, 0.05) is 13.1 Å². The highest BCUT2D eigenvalue weighted by molar-refractivity contribution is 5.05. The molecule has 0 aliphatic heterocycles. The fourth-order valence-corrected chi connectivity index (χ4v) is 1.80. The molecule has 0 bridgehead atoms. The lowest BCUT2D eigenvalue weighted by Gasteiger charge is -2.21. The average molecular weight is 255 g/mol. The Kier molecular flexibility index (Phi) is 6.32. The van der Waals surface area contributed by atoms with Gasteiger partial charge in [-0.2, -0.15) is 0 Å². The van der Waals surface area contributed by atoms with E-state index in [1.165, 1.54) is 0 Å². The molecule has 2 N–H and O–H groups in total. The molecule has 0 radical (unpaired) electrons. The van der Waals surface area contributed by atoms with Crippen LogP contribution in [0.4, 0.5) is 0 Å². The van der Waals surface area contributed by atoms with Gasteiger partial charge in [0.15, 0.2) is 0 Å². The molecule has 5 nitrogen and oxygen atoms in total. The summed E-state index contributed by atoms with van der Waals surface area (Å²) in [6, 6.07) is 0. The van der Waals surface area contributed by atoms with Crippen molar-refractivity contribution in [1.29, 1.82) is 0 Å². The standard InChI is InChI=1S/C13H25N3O2/c1-5-16(6-2)9-12(17)7-14-8-13-15-10(3)11(4)18-13/h12,14,17H,5-9H2,1-4H3. The predicted molar refractivity (Wildman–Crippen MR) is 71.5 cm³/mol. The first-order valence-electron chi connectivity index (χ1n) is 6.60. The van der Waals surface area contributed by atoms with E-state index >= 15 is 0 Å². The van der Waals surface area contributed by atoms with Crippen molar-refractivity contribution in [2.75, 3.05) is 26.2 Å². The molecule has 0 aromatic carbocycles. The number of nitrogens with one attached hydrogen (secondary N) is 1. The molecule has 104 valence electrons. The van der Waals surface area contributed by atoms with Crippen molar-refractivity contribution >= 4 is 0 Å². The van der Waals surface area contributed by atoms with E-state index in [-0.39, 0.29) is 6.10 Å². The molecule has 1 aromatic heterocycles. The molecule has 0 saturated carbocycles. The molecule has 1 atom stereocenters. The molecule has 0 fully saturated rings. The van der Waals surface area contributed by atoms with E-state index in [2.05, 4.69) is 29.0 Å². The summed E-state index contributed by atoms with van der Waals surface area (Å²) in [5.74, 6) is 1.54. The summed E-state index contributed by atoms with van der Waals surface area (Å²) < 4.78 is 5.45. The first kappa shape index (κ1) is 15.1. The zero-order valence-electron chi connectivity index (χ0n) is 11.9. The lowest BCUT2D eigenvalue weighted by Crippen LogP contribution is -2.38. The predicted octanol–water partition coefficient (Wildman–Crippen LogP) is 1.08. The van der Waals surface area contributed by atoms with Crippen molar-refractivity contribution in [2.24, 2.45) is 0 Å². The van der Waals surface area contributed by atoms with Gasteiger partial charge in [-0.25, -0.2) is 4.98 Å². The van der Waals surface area contributed by atoms with Crippen LogP contribution in [0.3, 0.4) is 0 Å². The molecular weight excluding hydrogens is 230 g/mol. The Balaban J connectivity index is 2.24. The molecule has 1 heterocycles. The molecule has 0 spiro atoms. The quantitative estimate of drug-likeness (QED) is 0.728. The van der Waals surface area contributed by atoms with Gasteiger partial charge >= 0.3 is 0 Å². The van der Waals surface area contributed by atoms with Gasteiger partial charge < -0.3 is 19.7 Å². The first-order valence-corrected chi connectivity index (χ1v) is 6.60. The number of aliphatic hydroxyl groups excluding tert-OH is 1. The smallest absolute Gasteiger partial charge is 0.208 e. The van der Waals surface area contributed by atoms with Crippen LogP contribution in [0, 0.1) is 13.8 Å². The zero-order valence-corrected chi connectivity index (χ0v) is 11.9. The monoisotopic (exact) mass is 255 g/mol. The fraction of sp³-hybridized carbons (Fsp3) is 0.769. The molecule has 1 aromatic rings. The van der Waals surface area contributed by atoms with Crippen LogP contribution in [0.5, 0.6) is 0 Å². The Labute approximate surface area is 109 Å². The number of hydrogen-bond acceptors (Lipinski definition) is 5. The number of aryl methyl sites for hydroxylation is 2.